The molecule has 1 N–H and O–H groups in total. The first-order valence-electron chi connectivity index (χ1n) is 5.05. The van der Waals surface area contributed by atoms with Gasteiger partial charge in [-0.1, -0.05) is 6.07 Å². The predicted octanol–water partition coefficient (Wildman–Crippen LogP) is 3.33. The van der Waals surface area contributed by atoms with Crippen molar-refractivity contribution in [2.75, 3.05) is 5.88 Å². The number of benzene rings is 1. The standard InChI is InChI=1S/C11H15Br2NO2S/c1-11(2,3)14-7-17(15,16)10-8(12)5-4-6-9(10)13/h4-6,14H,7H2,1-3H3. The third kappa shape index (κ3) is 4.35. The van der Waals surface area contributed by atoms with Gasteiger partial charge in [0.2, 0.25) is 0 Å². The highest BCUT2D eigenvalue weighted by Gasteiger charge is 2.23. The summed E-state index contributed by atoms with van der Waals surface area (Å²) in [6, 6.07) is 5.22. The molecule has 17 heavy (non-hydrogen) atoms. The Kier molecular flexibility index (Phi) is 4.80. The Morgan fingerprint density at radius 2 is 1.65 bits per heavy atom. The molecule has 0 saturated carbocycles. The highest BCUT2D eigenvalue weighted by molar-refractivity contribution is 9.11. The molecule has 0 aliphatic rings. The molecule has 1 aromatic rings. The Bertz CT molecular complexity index is 486. The number of sulfone groups is 1. The summed E-state index contributed by atoms with van der Waals surface area (Å²) in [4.78, 5) is 0.289. The first kappa shape index (κ1) is 15.1. The second-order valence-electron chi connectivity index (χ2n) is 4.74. The van der Waals surface area contributed by atoms with Gasteiger partial charge in [0, 0.05) is 14.5 Å². The van der Waals surface area contributed by atoms with Crippen LogP contribution in [0.4, 0.5) is 0 Å². The molecule has 6 heteroatoms. The van der Waals surface area contributed by atoms with E-state index in [0.717, 1.165) is 0 Å². The van der Waals surface area contributed by atoms with E-state index in [9.17, 15) is 8.42 Å². The van der Waals surface area contributed by atoms with Gasteiger partial charge in [-0.05, 0) is 64.8 Å². The average Bonchev–Trinajstić information content (AvgIpc) is 2.13. The molecule has 0 heterocycles. The maximum Gasteiger partial charge on any atom is 0.193 e. The Labute approximate surface area is 119 Å². The molecular formula is C11H15Br2NO2S. The molecule has 0 radical (unpaired) electrons. The Morgan fingerprint density at radius 3 is 2.06 bits per heavy atom. The molecule has 0 atom stereocenters. The quantitative estimate of drug-likeness (QED) is 0.869. The van der Waals surface area contributed by atoms with E-state index in [2.05, 4.69) is 37.2 Å². The summed E-state index contributed by atoms with van der Waals surface area (Å²) in [5.74, 6) is -0.0856. The van der Waals surface area contributed by atoms with Crippen LogP contribution in [0.5, 0.6) is 0 Å². The number of hydrogen-bond acceptors (Lipinski definition) is 3. The molecule has 0 bridgehead atoms. The van der Waals surface area contributed by atoms with Gasteiger partial charge in [0.1, 0.15) is 5.88 Å². The molecule has 0 aliphatic carbocycles. The van der Waals surface area contributed by atoms with E-state index in [1.165, 1.54) is 0 Å². The molecule has 3 nitrogen and oxygen atoms in total. The summed E-state index contributed by atoms with van der Waals surface area (Å²) >= 11 is 6.53. The van der Waals surface area contributed by atoms with Crippen LogP contribution >= 0.6 is 31.9 Å². The molecule has 0 amide bonds. The van der Waals surface area contributed by atoms with Gasteiger partial charge in [-0.3, -0.25) is 5.32 Å². The summed E-state index contributed by atoms with van der Waals surface area (Å²) in [7, 11) is -3.36. The molecule has 0 spiro atoms. The monoisotopic (exact) mass is 383 g/mol. The zero-order valence-electron chi connectivity index (χ0n) is 9.92. The van der Waals surface area contributed by atoms with Crippen LogP contribution in [0.1, 0.15) is 20.8 Å². The van der Waals surface area contributed by atoms with Crippen LogP contribution in [0.25, 0.3) is 0 Å². The Morgan fingerprint density at radius 1 is 1.18 bits per heavy atom. The maximum absolute atomic E-state index is 12.2. The van der Waals surface area contributed by atoms with Crippen LogP contribution in [0.2, 0.25) is 0 Å². The van der Waals surface area contributed by atoms with E-state index in [1.54, 1.807) is 18.2 Å². The van der Waals surface area contributed by atoms with Gasteiger partial charge in [-0.2, -0.15) is 0 Å². The largest absolute Gasteiger partial charge is 0.299 e. The Balaban J connectivity index is 3.06. The summed E-state index contributed by atoms with van der Waals surface area (Å²) in [5.41, 5.74) is -0.235. The van der Waals surface area contributed by atoms with Gasteiger partial charge in [0.25, 0.3) is 0 Å². The molecule has 0 fully saturated rings. The molecule has 0 saturated heterocycles. The van der Waals surface area contributed by atoms with E-state index in [4.69, 9.17) is 0 Å². The molecule has 0 aliphatic heterocycles. The molecule has 1 rings (SSSR count). The normalized spacial score (nSPS) is 12.8. The molecule has 1 aromatic carbocycles. The van der Waals surface area contributed by atoms with Crippen LogP contribution in [-0.4, -0.2) is 19.8 Å². The predicted molar refractivity (Wildman–Crippen MR) is 76.8 cm³/mol. The lowest BCUT2D eigenvalue weighted by atomic mass is 10.1. The number of hydrogen-bond donors (Lipinski definition) is 1. The van der Waals surface area contributed by atoms with Crippen molar-refractivity contribution >= 4 is 41.7 Å². The van der Waals surface area contributed by atoms with Crippen molar-refractivity contribution in [3.05, 3.63) is 27.1 Å². The van der Waals surface area contributed by atoms with E-state index in [-0.39, 0.29) is 16.3 Å². The fourth-order valence-electron chi connectivity index (χ4n) is 1.16. The van der Waals surface area contributed by atoms with Crippen molar-refractivity contribution in [3.63, 3.8) is 0 Å². The van der Waals surface area contributed by atoms with Gasteiger partial charge in [-0.25, -0.2) is 8.42 Å². The Hall–Kier alpha value is 0.0900. The van der Waals surface area contributed by atoms with E-state index in [0.29, 0.717) is 8.95 Å². The minimum absolute atomic E-state index is 0.0856. The average molecular weight is 385 g/mol. The van der Waals surface area contributed by atoms with Gasteiger partial charge in [0.05, 0.1) is 4.90 Å². The van der Waals surface area contributed by atoms with Gasteiger partial charge in [0.15, 0.2) is 9.84 Å². The van der Waals surface area contributed by atoms with Crippen LogP contribution in [0, 0.1) is 0 Å². The van der Waals surface area contributed by atoms with Crippen molar-refractivity contribution in [2.45, 2.75) is 31.2 Å². The van der Waals surface area contributed by atoms with E-state index in [1.807, 2.05) is 20.8 Å². The van der Waals surface area contributed by atoms with Crippen LogP contribution in [0.15, 0.2) is 32.0 Å². The second-order valence-corrected chi connectivity index (χ2v) is 8.37. The van der Waals surface area contributed by atoms with Crippen molar-refractivity contribution in [1.29, 1.82) is 0 Å². The summed E-state index contributed by atoms with van der Waals surface area (Å²) in [6.07, 6.45) is 0. The number of halogens is 2. The van der Waals surface area contributed by atoms with E-state index < -0.39 is 9.84 Å². The van der Waals surface area contributed by atoms with Crippen LogP contribution in [-0.2, 0) is 9.84 Å². The smallest absolute Gasteiger partial charge is 0.193 e. The van der Waals surface area contributed by atoms with Crippen molar-refractivity contribution in [3.8, 4) is 0 Å². The highest BCUT2D eigenvalue weighted by atomic mass is 79.9. The van der Waals surface area contributed by atoms with Gasteiger partial charge in [-0.15, -0.1) is 0 Å². The first-order valence-corrected chi connectivity index (χ1v) is 8.29. The molecule has 0 aromatic heterocycles. The van der Waals surface area contributed by atoms with Crippen LogP contribution in [0.3, 0.4) is 0 Å². The SMILES string of the molecule is CC(C)(C)NCS(=O)(=O)c1c(Br)cccc1Br. The summed E-state index contributed by atoms with van der Waals surface area (Å²) in [5, 5.41) is 2.99. The van der Waals surface area contributed by atoms with Crippen molar-refractivity contribution in [1.82, 2.24) is 5.32 Å². The lowest BCUT2D eigenvalue weighted by Gasteiger charge is -2.21. The minimum Gasteiger partial charge on any atom is -0.299 e. The number of nitrogens with one attached hydrogen (secondary N) is 1. The van der Waals surface area contributed by atoms with Crippen molar-refractivity contribution in [2.24, 2.45) is 0 Å². The fraction of sp³-hybridized carbons (Fsp3) is 0.455. The van der Waals surface area contributed by atoms with Gasteiger partial charge < -0.3 is 0 Å². The number of rotatable bonds is 3. The lowest BCUT2D eigenvalue weighted by Crippen LogP contribution is -2.39. The van der Waals surface area contributed by atoms with E-state index >= 15 is 0 Å². The molecule has 0 unspecified atom stereocenters. The zero-order valence-corrected chi connectivity index (χ0v) is 13.9. The van der Waals surface area contributed by atoms with Gasteiger partial charge >= 0.3 is 0 Å². The fourth-order valence-corrected chi connectivity index (χ4v) is 5.14. The van der Waals surface area contributed by atoms with Crippen molar-refractivity contribution < 1.29 is 8.42 Å². The topological polar surface area (TPSA) is 46.2 Å². The zero-order chi connectivity index (χ0) is 13.3. The summed E-state index contributed by atoms with van der Waals surface area (Å²) < 4.78 is 25.5. The summed E-state index contributed by atoms with van der Waals surface area (Å²) in [6.45, 7) is 5.78. The van der Waals surface area contributed by atoms with Crippen LogP contribution < -0.4 is 5.32 Å². The third-order valence-electron chi connectivity index (χ3n) is 2.02. The highest BCUT2D eigenvalue weighted by Crippen LogP contribution is 2.30. The molecule has 96 valence electrons. The maximum atomic E-state index is 12.2. The first-order chi connectivity index (χ1) is 7.63. The third-order valence-corrected chi connectivity index (χ3v) is 5.46. The second kappa shape index (κ2) is 5.38. The molecular weight excluding hydrogens is 370 g/mol. The lowest BCUT2D eigenvalue weighted by molar-refractivity contribution is 0.452. The minimum atomic E-state index is -3.36.